The summed E-state index contributed by atoms with van der Waals surface area (Å²) in [6, 6.07) is 7.85. The number of rotatable bonds is 3. The van der Waals surface area contributed by atoms with Crippen molar-refractivity contribution in [3.63, 3.8) is 0 Å². The van der Waals surface area contributed by atoms with E-state index >= 15 is 0 Å². The van der Waals surface area contributed by atoms with Crippen LogP contribution in [0.15, 0.2) is 36.9 Å². The molecule has 1 nitrogen and oxygen atoms in total. The molecule has 78 valence electrons. The molecule has 1 heteroatoms. The van der Waals surface area contributed by atoms with Crippen LogP contribution in [0.2, 0.25) is 0 Å². The minimum atomic E-state index is 0.0891. The van der Waals surface area contributed by atoms with Gasteiger partial charge in [-0.15, -0.1) is 0 Å². The molecule has 0 radical (unpaired) electrons. The average Bonchev–Trinajstić information content (AvgIpc) is 2.18. The SMILES string of the molecule is C=C(C)c1ccccc1/C(=C\C)C(C)=O. The Labute approximate surface area is 91.1 Å². The molecule has 0 aliphatic rings. The van der Waals surface area contributed by atoms with Crippen LogP contribution in [0.4, 0.5) is 0 Å². The summed E-state index contributed by atoms with van der Waals surface area (Å²) in [4.78, 5) is 11.5. The highest BCUT2D eigenvalue weighted by molar-refractivity contribution is 6.20. The monoisotopic (exact) mass is 200 g/mol. The number of hydrogen-bond acceptors (Lipinski definition) is 1. The highest BCUT2D eigenvalue weighted by Gasteiger charge is 2.10. The summed E-state index contributed by atoms with van der Waals surface area (Å²) in [5.41, 5.74) is 3.75. The quantitative estimate of drug-likeness (QED) is 0.680. The molecule has 0 aliphatic heterocycles. The van der Waals surface area contributed by atoms with E-state index in [4.69, 9.17) is 0 Å². The second kappa shape index (κ2) is 4.74. The van der Waals surface area contributed by atoms with Gasteiger partial charge in [-0.2, -0.15) is 0 Å². The smallest absolute Gasteiger partial charge is 0.160 e. The Morgan fingerprint density at radius 2 is 1.73 bits per heavy atom. The van der Waals surface area contributed by atoms with E-state index in [1.807, 2.05) is 44.2 Å². The van der Waals surface area contributed by atoms with Gasteiger partial charge in [0.1, 0.15) is 0 Å². The van der Waals surface area contributed by atoms with Crippen molar-refractivity contribution >= 4 is 16.9 Å². The number of allylic oxidation sites excluding steroid dienone is 3. The van der Waals surface area contributed by atoms with E-state index in [9.17, 15) is 4.79 Å². The lowest BCUT2D eigenvalue weighted by Crippen LogP contribution is -1.98. The normalized spacial score (nSPS) is 11.3. The van der Waals surface area contributed by atoms with E-state index < -0.39 is 0 Å². The molecule has 1 rings (SSSR count). The maximum Gasteiger partial charge on any atom is 0.160 e. The summed E-state index contributed by atoms with van der Waals surface area (Å²) < 4.78 is 0. The molecular formula is C14H16O. The van der Waals surface area contributed by atoms with Gasteiger partial charge in [-0.3, -0.25) is 4.79 Å². The third kappa shape index (κ3) is 2.44. The first-order valence-corrected chi connectivity index (χ1v) is 5.00. The summed E-state index contributed by atoms with van der Waals surface area (Å²) in [5.74, 6) is 0.0891. The first-order chi connectivity index (χ1) is 7.07. The van der Waals surface area contributed by atoms with Crippen molar-refractivity contribution in [3.8, 4) is 0 Å². The van der Waals surface area contributed by atoms with Crippen LogP contribution in [0.3, 0.4) is 0 Å². The summed E-state index contributed by atoms with van der Waals surface area (Å²) in [7, 11) is 0. The molecule has 0 amide bonds. The highest BCUT2D eigenvalue weighted by Crippen LogP contribution is 2.24. The third-order valence-electron chi connectivity index (χ3n) is 2.34. The van der Waals surface area contributed by atoms with Gasteiger partial charge in [-0.05, 0) is 31.9 Å². The zero-order valence-electron chi connectivity index (χ0n) is 9.50. The van der Waals surface area contributed by atoms with E-state index in [0.29, 0.717) is 0 Å². The number of benzene rings is 1. The maximum absolute atomic E-state index is 11.5. The van der Waals surface area contributed by atoms with E-state index in [1.54, 1.807) is 6.92 Å². The molecule has 0 aliphatic carbocycles. The molecule has 0 atom stereocenters. The van der Waals surface area contributed by atoms with Crippen molar-refractivity contribution in [1.29, 1.82) is 0 Å². The zero-order chi connectivity index (χ0) is 11.4. The van der Waals surface area contributed by atoms with Crippen LogP contribution in [0.1, 0.15) is 31.9 Å². The fourth-order valence-electron chi connectivity index (χ4n) is 1.64. The molecule has 0 fully saturated rings. The summed E-state index contributed by atoms with van der Waals surface area (Å²) in [6.07, 6.45) is 1.85. The third-order valence-corrected chi connectivity index (χ3v) is 2.34. The Bertz CT molecular complexity index is 425. The number of carbonyl (C=O) groups excluding carboxylic acids is 1. The molecular weight excluding hydrogens is 184 g/mol. The average molecular weight is 200 g/mol. The maximum atomic E-state index is 11.5. The topological polar surface area (TPSA) is 17.1 Å². The Kier molecular flexibility index (Phi) is 3.62. The number of Topliss-reactive ketones (excluding diaryl/α,β-unsaturated/α-hetero) is 1. The van der Waals surface area contributed by atoms with Crippen LogP contribution >= 0.6 is 0 Å². The van der Waals surface area contributed by atoms with Crippen molar-refractivity contribution in [2.45, 2.75) is 20.8 Å². The lowest BCUT2D eigenvalue weighted by molar-refractivity contribution is -0.111. The molecule has 0 heterocycles. The zero-order valence-corrected chi connectivity index (χ0v) is 9.50. The molecule has 0 bridgehead atoms. The fraction of sp³-hybridized carbons (Fsp3) is 0.214. The van der Waals surface area contributed by atoms with Crippen LogP contribution in [-0.2, 0) is 4.79 Å². The van der Waals surface area contributed by atoms with Crippen LogP contribution in [0.25, 0.3) is 11.1 Å². The van der Waals surface area contributed by atoms with E-state index in [-0.39, 0.29) is 5.78 Å². The second-order valence-electron chi connectivity index (χ2n) is 3.58. The van der Waals surface area contributed by atoms with Crippen molar-refractivity contribution in [1.82, 2.24) is 0 Å². The van der Waals surface area contributed by atoms with Crippen molar-refractivity contribution in [2.24, 2.45) is 0 Å². The number of hydrogen-bond donors (Lipinski definition) is 0. The Morgan fingerprint density at radius 1 is 1.20 bits per heavy atom. The lowest BCUT2D eigenvalue weighted by Gasteiger charge is -2.10. The molecule has 15 heavy (non-hydrogen) atoms. The van der Waals surface area contributed by atoms with Crippen LogP contribution < -0.4 is 0 Å². The molecule has 0 spiro atoms. The van der Waals surface area contributed by atoms with E-state index in [2.05, 4.69) is 6.58 Å². The lowest BCUT2D eigenvalue weighted by atomic mass is 9.94. The highest BCUT2D eigenvalue weighted by atomic mass is 16.1. The van der Waals surface area contributed by atoms with E-state index in [1.165, 1.54) is 0 Å². The predicted molar refractivity (Wildman–Crippen MR) is 65.5 cm³/mol. The van der Waals surface area contributed by atoms with Gasteiger partial charge in [0.25, 0.3) is 0 Å². The second-order valence-corrected chi connectivity index (χ2v) is 3.58. The number of carbonyl (C=O) groups is 1. The minimum Gasteiger partial charge on any atom is -0.295 e. The van der Waals surface area contributed by atoms with Gasteiger partial charge < -0.3 is 0 Å². The van der Waals surface area contributed by atoms with Gasteiger partial charge in [0, 0.05) is 5.57 Å². The predicted octanol–water partition coefficient (Wildman–Crippen LogP) is 3.71. The summed E-state index contributed by atoms with van der Waals surface area (Å²) in [5, 5.41) is 0. The van der Waals surface area contributed by atoms with Gasteiger partial charge in [0.2, 0.25) is 0 Å². The standard InChI is InChI=1S/C14H16O/c1-5-12(11(4)15)14-9-7-6-8-13(14)10(2)3/h5-9H,2H2,1,3-4H3/b12-5-. The molecule has 0 aromatic heterocycles. The van der Waals surface area contributed by atoms with Gasteiger partial charge in [0.15, 0.2) is 5.78 Å². The van der Waals surface area contributed by atoms with E-state index in [0.717, 1.165) is 22.3 Å². The van der Waals surface area contributed by atoms with Gasteiger partial charge in [-0.25, -0.2) is 0 Å². The van der Waals surface area contributed by atoms with Crippen LogP contribution in [-0.4, -0.2) is 5.78 Å². The Morgan fingerprint density at radius 3 is 2.13 bits per heavy atom. The molecule has 0 unspecified atom stereocenters. The van der Waals surface area contributed by atoms with Gasteiger partial charge in [-0.1, -0.05) is 42.5 Å². The molecule has 0 saturated heterocycles. The minimum absolute atomic E-state index is 0.0891. The first-order valence-electron chi connectivity index (χ1n) is 5.00. The molecule has 0 saturated carbocycles. The van der Waals surface area contributed by atoms with Crippen molar-refractivity contribution in [3.05, 3.63) is 48.0 Å². The molecule has 1 aromatic carbocycles. The number of ketones is 1. The molecule has 1 aromatic rings. The van der Waals surface area contributed by atoms with Gasteiger partial charge in [0.05, 0.1) is 0 Å². The first kappa shape index (κ1) is 11.4. The van der Waals surface area contributed by atoms with Gasteiger partial charge >= 0.3 is 0 Å². The summed E-state index contributed by atoms with van der Waals surface area (Å²) >= 11 is 0. The fourth-order valence-corrected chi connectivity index (χ4v) is 1.64. The van der Waals surface area contributed by atoms with Crippen LogP contribution in [0.5, 0.6) is 0 Å². The van der Waals surface area contributed by atoms with Crippen molar-refractivity contribution < 1.29 is 4.79 Å². The Balaban J connectivity index is 3.36. The van der Waals surface area contributed by atoms with Crippen LogP contribution in [0, 0.1) is 0 Å². The largest absolute Gasteiger partial charge is 0.295 e. The summed E-state index contributed by atoms with van der Waals surface area (Å²) in [6.45, 7) is 9.34. The Hall–Kier alpha value is -1.63. The molecule has 0 N–H and O–H groups in total. The van der Waals surface area contributed by atoms with Crippen molar-refractivity contribution in [2.75, 3.05) is 0 Å².